The fourth-order valence-corrected chi connectivity index (χ4v) is 7.06. The van der Waals surface area contributed by atoms with Crippen LogP contribution < -0.4 is 0 Å². The number of fused-ring (bicyclic) bond motifs is 5. The maximum absolute atomic E-state index is 16.8. The van der Waals surface area contributed by atoms with E-state index in [1.54, 1.807) is 6.92 Å². The van der Waals surface area contributed by atoms with Crippen LogP contribution in [0.15, 0.2) is 23.6 Å². The highest BCUT2D eigenvalue weighted by molar-refractivity contribution is 6.04. The van der Waals surface area contributed by atoms with Crippen molar-refractivity contribution in [2.75, 3.05) is 0 Å². The number of rotatable bonds is 0. The van der Waals surface area contributed by atoms with Crippen LogP contribution in [-0.4, -0.2) is 33.9 Å². The highest BCUT2D eigenvalue weighted by Crippen LogP contribution is 2.69. The van der Waals surface area contributed by atoms with E-state index in [2.05, 4.69) is 0 Å². The number of allylic oxidation sites excluding steroid dienone is 4. The molecule has 0 aliphatic heterocycles. The molecule has 0 radical (unpaired) electrons. The van der Waals surface area contributed by atoms with Crippen molar-refractivity contribution >= 4 is 5.78 Å². The van der Waals surface area contributed by atoms with Gasteiger partial charge in [0.1, 0.15) is 0 Å². The summed E-state index contributed by atoms with van der Waals surface area (Å²) in [6.07, 6.45) is 1.93. The van der Waals surface area contributed by atoms with Gasteiger partial charge in [-0.05, 0) is 61.0 Å². The molecule has 5 heteroatoms. The number of carbonyl (C=O) groups is 1. The Morgan fingerprint density at radius 1 is 1.15 bits per heavy atom. The van der Waals surface area contributed by atoms with Crippen LogP contribution in [0.1, 0.15) is 47.0 Å². The second-order valence-corrected chi connectivity index (χ2v) is 9.63. The summed E-state index contributed by atoms with van der Waals surface area (Å²) >= 11 is 0. The van der Waals surface area contributed by atoms with Gasteiger partial charge >= 0.3 is 0 Å². The molecule has 0 unspecified atom stereocenters. The van der Waals surface area contributed by atoms with Crippen LogP contribution in [0.2, 0.25) is 0 Å². The summed E-state index contributed by atoms with van der Waals surface area (Å²) in [6, 6.07) is 0. The normalized spacial score (nSPS) is 56.2. The molecule has 2 N–H and O–H groups in total. The second kappa shape index (κ2) is 5.26. The lowest BCUT2D eigenvalue weighted by atomic mass is 9.44. The Kier molecular flexibility index (Phi) is 3.70. The van der Waals surface area contributed by atoms with Gasteiger partial charge in [-0.25, -0.2) is 8.78 Å². The molecule has 0 aromatic carbocycles. The third-order valence-electron chi connectivity index (χ3n) is 8.31. The Labute approximate surface area is 153 Å². The lowest BCUT2D eigenvalue weighted by Gasteiger charge is -2.62. The van der Waals surface area contributed by atoms with E-state index in [1.807, 2.05) is 20.8 Å². The zero-order chi connectivity index (χ0) is 19.2. The Morgan fingerprint density at radius 2 is 1.81 bits per heavy atom. The highest BCUT2D eigenvalue weighted by Gasteiger charge is 2.72. The van der Waals surface area contributed by atoms with Gasteiger partial charge in [-0.2, -0.15) is 0 Å². The van der Waals surface area contributed by atoms with E-state index < -0.39 is 46.2 Å². The molecular weight excluding hydrogens is 338 g/mol. The third-order valence-corrected chi connectivity index (χ3v) is 8.31. The maximum Gasteiger partial charge on any atom is 0.213 e. The molecule has 26 heavy (non-hydrogen) atoms. The molecule has 4 aliphatic rings. The van der Waals surface area contributed by atoms with Crippen molar-refractivity contribution in [1.29, 1.82) is 0 Å². The summed E-state index contributed by atoms with van der Waals surface area (Å²) in [5, 5.41) is 21.7. The summed E-state index contributed by atoms with van der Waals surface area (Å²) in [5.41, 5.74) is -3.73. The maximum atomic E-state index is 16.8. The van der Waals surface area contributed by atoms with Gasteiger partial charge in [0.25, 0.3) is 0 Å². The van der Waals surface area contributed by atoms with Gasteiger partial charge in [-0.1, -0.05) is 26.8 Å². The number of hydrogen-bond acceptors (Lipinski definition) is 3. The first-order chi connectivity index (χ1) is 12.0. The average molecular weight is 366 g/mol. The molecular formula is C21H28F2O3. The van der Waals surface area contributed by atoms with Gasteiger partial charge in [0.05, 0.1) is 12.2 Å². The van der Waals surface area contributed by atoms with E-state index >= 15 is 4.39 Å². The van der Waals surface area contributed by atoms with Crippen LogP contribution in [-0.2, 0) is 4.79 Å². The van der Waals surface area contributed by atoms with Crippen LogP contribution >= 0.6 is 0 Å². The van der Waals surface area contributed by atoms with Gasteiger partial charge in [0.2, 0.25) is 5.78 Å². The van der Waals surface area contributed by atoms with Crippen LogP contribution in [0.5, 0.6) is 0 Å². The van der Waals surface area contributed by atoms with E-state index in [9.17, 15) is 19.4 Å². The zero-order valence-corrected chi connectivity index (χ0v) is 15.8. The summed E-state index contributed by atoms with van der Waals surface area (Å²) in [5.74, 6) is -2.38. The molecule has 0 amide bonds. The molecule has 0 spiro atoms. The molecule has 0 heterocycles. The lowest BCUT2D eigenvalue weighted by molar-refractivity contribution is -0.206. The molecule has 3 fully saturated rings. The average Bonchev–Trinajstić information content (AvgIpc) is 2.78. The third kappa shape index (κ3) is 1.86. The minimum absolute atomic E-state index is 0.0415. The van der Waals surface area contributed by atoms with Crippen molar-refractivity contribution in [2.24, 2.45) is 34.5 Å². The summed E-state index contributed by atoms with van der Waals surface area (Å²) in [6.45, 7) is 7.38. The second-order valence-electron chi connectivity index (χ2n) is 9.63. The van der Waals surface area contributed by atoms with Gasteiger partial charge < -0.3 is 10.2 Å². The lowest BCUT2D eigenvalue weighted by Crippen LogP contribution is -2.68. The Morgan fingerprint density at radius 3 is 2.46 bits per heavy atom. The van der Waals surface area contributed by atoms with Crippen LogP contribution in [0.3, 0.4) is 0 Å². The summed E-state index contributed by atoms with van der Waals surface area (Å²) in [4.78, 5) is 11.9. The molecule has 4 rings (SSSR count). The largest absolute Gasteiger partial charge is 0.392 e. The number of ketones is 1. The molecule has 9 atom stereocenters. The van der Waals surface area contributed by atoms with E-state index in [0.29, 0.717) is 12.8 Å². The van der Waals surface area contributed by atoms with Crippen molar-refractivity contribution in [3.05, 3.63) is 23.6 Å². The number of aliphatic hydroxyl groups excluding tert-OH is 2. The Bertz CT molecular complexity index is 731. The monoisotopic (exact) mass is 366 g/mol. The number of alkyl halides is 1. The summed E-state index contributed by atoms with van der Waals surface area (Å²) in [7, 11) is 0. The van der Waals surface area contributed by atoms with Gasteiger partial charge in [0.15, 0.2) is 11.5 Å². The van der Waals surface area contributed by atoms with Gasteiger partial charge in [-0.3, -0.25) is 4.79 Å². The topological polar surface area (TPSA) is 57.5 Å². The van der Waals surface area contributed by atoms with Crippen molar-refractivity contribution in [3.63, 3.8) is 0 Å². The number of hydrogen-bond donors (Lipinski definition) is 2. The molecule has 0 saturated heterocycles. The molecule has 4 aliphatic carbocycles. The smallest absolute Gasteiger partial charge is 0.213 e. The van der Waals surface area contributed by atoms with E-state index in [-0.39, 0.29) is 29.7 Å². The molecule has 144 valence electrons. The van der Waals surface area contributed by atoms with Crippen LogP contribution in [0.25, 0.3) is 0 Å². The Hall–Kier alpha value is -1.07. The Balaban J connectivity index is 1.89. The minimum atomic E-state index is -2.04. The minimum Gasteiger partial charge on any atom is -0.392 e. The van der Waals surface area contributed by atoms with Crippen molar-refractivity contribution in [3.8, 4) is 0 Å². The first-order valence-corrected chi connectivity index (χ1v) is 9.67. The highest BCUT2D eigenvalue weighted by atomic mass is 19.1. The number of halogens is 2. The quantitative estimate of drug-likeness (QED) is 0.690. The predicted molar refractivity (Wildman–Crippen MR) is 93.5 cm³/mol. The molecule has 0 bridgehead atoms. The van der Waals surface area contributed by atoms with Gasteiger partial charge in [0, 0.05) is 11.3 Å². The van der Waals surface area contributed by atoms with E-state index in [1.165, 1.54) is 6.08 Å². The molecule has 0 aromatic rings. The SMILES string of the molecule is C[C@@H]1C[C@H]2[C@@H]3C[C@H](C)C4=C(F)C(=O)C=C[C@]4(C)[C@@]3(F)[C@@H](O)C[C@]2(C)[C@@H]1O. The first kappa shape index (κ1) is 18.3. The standard InChI is InChI=1S/C21H28F2O3/c1-10-7-13-12-8-11(2)18(26)19(12,3)9-15(25)21(13,23)20(4)6-5-14(24)17(22)16(10)20/h5-6,10-13,15,18,25-26H,7-9H2,1-4H3/t10-,11+,12-,13-,15-,18+,19-,20-,21-/m0/s1. The fraction of sp³-hybridized carbons (Fsp3) is 0.762. The van der Waals surface area contributed by atoms with Crippen molar-refractivity contribution < 1.29 is 23.8 Å². The first-order valence-electron chi connectivity index (χ1n) is 9.67. The number of aliphatic hydroxyl groups is 2. The molecule has 3 saturated carbocycles. The summed E-state index contributed by atoms with van der Waals surface area (Å²) < 4.78 is 31.5. The number of carbonyl (C=O) groups excluding carboxylic acids is 1. The van der Waals surface area contributed by atoms with Gasteiger partial charge in [-0.15, -0.1) is 0 Å². The zero-order valence-electron chi connectivity index (χ0n) is 15.8. The van der Waals surface area contributed by atoms with E-state index in [4.69, 9.17) is 0 Å². The van der Waals surface area contributed by atoms with Crippen molar-refractivity contribution in [2.45, 2.75) is 64.8 Å². The van der Waals surface area contributed by atoms with Crippen molar-refractivity contribution in [1.82, 2.24) is 0 Å². The molecule has 0 aromatic heterocycles. The van der Waals surface area contributed by atoms with Crippen LogP contribution in [0.4, 0.5) is 8.78 Å². The van der Waals surface area contributed by atoms with E-state index in [0.717, 1.165) is 6.08 Å². The fourth-order valence-electron chi connectivity index (χ4n) is 7.06. The molecule has 3 nitrogen and oxygen atoms in total. The van der Waals surface area contributed by atoms with Crippen LogP contribution in [0, 0.1) is 34.5 Å². The predicted octanol–water partition coefficient (Wildman–Crippen LogP) is 3.51.